The number of amides is 2. The van der Waals surface area contributed by atoms with E-state index >= 15 is 0 Å². The maximum Gasteiger partial charge on any atom is 0.262 e. The van der Waals surface area contributed by atoms with Gasteiger partial charge < -0.3 is 10.2 Å². The van der Waals surface area contributed by atoms with Gasteiger partial charge in [-0.3, -0.25) is 14.3 Å². The number of aryl methyl sites for hydroxylation is 3. The fourth-order valence-electron chi connectivity index (χ4n) is 3.81. The molecule has 1 N–H and O–H groups in total. The summed E-state index contributed by atoms with van der Waals surface area (Å²) >= 11 is 1.40. The molecule has 1 aromatic carbocycles. The van der Waals surface area contributed by atoms with E-state index in [0.29, 0.717) is 18.0 Å². The van der Waals surface area contributed by atoms with Crippen molar-refractivity contribution in [1.82, 2.24) is 20.0 Å². The first-order chi connectivity index (χ1) is 13.4. The average Bonchev–Trinajstić information content (AvgIpc) is 3.14. The lowest BCUT2D eigenvalue weighted by molar-refractivity contribution is -0.133. The highest BCUT2D eigenvalue weighted by atomic mass is 32.1. The van der Waals surface area contributed by atoms with Crippen molar-refractivity contribution >= 4 is 33.4 Å². The third-order valence-electron chi connectivity index (χ3n) is 5.30. The largest absolute Gasteiger partial charge is 0.340 e. The van der Waals surface area contributed by atoms with E-state index in [-0.39, 0.29) is 11.8 Å². The maximum atomic E-state index is 13.0. The van der Waals surface area contributed by atoms with Crippen LogP contribution in [0.5, 0.6) is 0 Å². The number of carbonyl (C=O) groups is 2. The number of fused-ring (bicyclic) bond motifs is 2. The zero-order valence-electron chi connectivity index (χ0n) is 16.4. The number of nitrogens with zero attached hydrogens (tertiary/aromatic N) is 3. The van der Waals surface area contributed by atoms with E-state index in [1.165, 1.54) is 22.5 Å². The van der Waals surface area contributed by atoms with E-state index in [2.05, 4.69) is 22.5 Å². The highest BCUT2D eigenvalue weighted by Gasteiger charge is 2.25. The van der Waals surface area contributed by atoms with Gasteiger partial charge in [0.1, 0.15) is 10.9 Å². The molecule has 2 aromatic heterocycles. The molecule has 0 bridgehead atoms. The highest BCUT2D eigenvalue weighted by Crippen LogP contribution is 2.27. The standard InChI is InChI=1S/C21H24N4O2S/c1-13-17-11-18(28-21(17)24(3)23-13)19(26)22-14(2)20(27)25-10-6-9-15-7-4-5-8-16(15)12-25/h4-5,7-8,11,14H,6,9-10,12H2,1-3H3,(H,22,26). The van der Waals surface area contributed by atoms with E-state index < -0.39 is 6.04 Å². The monoisotopic (exact) mass is 396 g/mol. The second-order valence-corrected chi connectivity index (χ2v) is 8.40. The Kier molecular flexibility index (Phi) is 4.93. The van der Waals surface area contributed by atoms with Crippen molar-refractivity contribution in [2.45, 2.75) is 39.3 Å². The molecule has 0 fully saturated rings. The quantitative estimate of drug-likeness (QED) is 0.740. The van der Waals surface area contributed by atoms with E-state index in [4.69, 9.17) is 0 Å². The van der Waals surface area contributed by atoms with Crippen LogP contribution in [0.2, 0.25) is 0 Å². The molecule has 1 atom stereocenters. The number of thiophene rings is 1. The van der Waals surface area contributed by atoms with Crippen molar-refractivity contribution in [2.75, 3.05) is 6.54 Å². The lowest BCUT2D eigenvalue weighted by Crippen LogP contribution is -2.46. The molecule has 3 heterocycles. The van der Waals surface area contributed by atoms with Gasteiger partial charge in [-0.1, -0.05) is 24.3 Å². The number of hydrogen-bond acceptors (Lipinski definition) is 4. The maximum absolute atomic E-state index is 13.0. The van der Waals surface area contributed by atoms with Crippen molar-refractivity contribution in [3.63, 3.8) is 0 Å². The second-order valence-electron chi connectivity index (χ2n) is 7.37. The van der Waals surface area contributed by atoms with Crippen LogP contribution in [-0.4, -0.2) is 39.1 Å². The third kappa shape index (κ3) is 3.42. The summed E-state index contributed by atoms with van der Waals surface area (Å²) < 4.78 is 1.79. The van der Waals surface area contributed by atoms with Crippen LogP contribution in [-0.2, 0) is 24.8 Å². The van der Waals surface area contributed by atoms with E-state index in [1.54, 1.807) is 11.6 Å². The van der Waals surface area contributed by atoms with E-state index in [1.807, 2.05) is 37.1 Å². The van der Waals surface area contributed by atoms with Gasteiger partial charge in [-0.25, -0.2) is 0 Å². The molecule has 0 saturated carbocycles. The van der Waals surface area contributed by atoms with Crippen LogP contribution in [0, 0.1) is 6.92 Å². The summed E-state index contributed by atoms with van der Waals surface area (Å²) in [5.41, 5.74) is 3.41. The van der Waals surface area contributed by atoms with Crippen molar-refractivity contribution in [3.05, 3.63) is 52.0 Å². The lowest BCUT2D eigenvalue weighted by Gasteiger charge is -2.25. The fraction of sp³-hybridized carbons (Fsp3) is 0.381. The van der Waals surface area contributed by atoms with Crippen LogP contribution in [0.15, 0.2) is 30.3 Å². The normalized spacial score (nSPS) is 15.2. The van der Waals surface area contributed by atoms with Gasteiger partial charge in [-0.05, 0) is 43.9 Å². The first-order valence-corrected chi connectivity index (χ1v) is 10.3. The Labute approximate surface area is 168 Å². The van der Waals surface area contributed by atoms with Gasteiger partial charge in [0, 0.05) is 25.5 Å². The van der Waals surface area contributed by atoms with E-state index in [0.717, 1.165) is 28.8 Å². The van der Waals surface area contributed by atoms with Crippen molar-refractivity contribution in [3.8, 4) is 0 Å². The number of rotatable bonds is 3. The summed E-state index contributed by atoms with van der Waals surface area (Å²) in [5.74, 6) is -0.249. The summed E-state index contributed by atoms with van der Waals surface area (Å²) in [6, 6.07) is 9.56. The molecule has 28 heavy (non-hydrogen) atoms. The molecule has 0 aliphatic carbocycles. The molecule has 0 radical (unpaired) electrons. The SMILES string of the molecule is Cc1nn(C)c2sc(C(=O)NC(C)C(=O)N3CCCc4ccccc4C3)cc12. The predicted octanol–water partition coefficient (Wildman–Crippen LogP) is 3.04. The first kappa shape index (κ1) is 18.7. The van der Waals surface area contributed by atoms with Gasteiger partial charge in [-0.15, -0.1) is 11.3 Å². The molecular weight excluding hydrogens is 372 g/mol. The Hall–Kier alpha value is -2.67. The number of aromatic nitrogens is 2. The second kappa shape index (κ2) is 7.39. The Bertz CT molecular complexity index is 1020. The summed E-state index contributed by atoms with van der Waals surface area (Å²) in [6.45, 7) is 5.00. The van der Waals surface area contributed by atoms with Crippen LogP contribution in [0.3, 0.4) is 0 Å². The van der Waals surface area contributed by atoms with Gasteiger partial charge in [0.2, 0.25) is 5.91 Å². The minimum Gasteiger partial charge on any atom is -0.340 e. The minimum atomic E-state index is -0.567. The third-order valence-corrected chi connectivity index (χ3v) is 6.50. The molecule has 0 saturated heterocycles. The summed E-state index contributed by atoms with van der Waals surface area (Å²) in [5, 5.41) is 8.23. The molecule has 1 unspecified atom stereocenters. The highest BCUT2D eigenvalue weighted by molar-refractivity contribution is 7.20. The molecule has 3 aromatic rings. The van der Waals surface area contributed by atoms with Crippen molar-refractivity contribution < 1.29 is 9.59 Å². The number of benzene rings is 1. The Morgan fingerprint density at radius 2 is 2.00 bits per heavy atom. The number of carbonyl (C=O) groups excluding carboxylic acids is 2. The molecular formula is C21H24N4O2S. The molecule has 0 spiro atoms. The van der Waals surface area contributed by atoms with E-state index in [9.17, 15) is 9.59 Å². The molecule has 6 nitrogen and oxygen atoms in total. The summed E-state index contributed by atoms with van der Waals surface area (Å²) in [6.07, 6.45) is 1.92. The first-order valence-electron chi connectivity index (χ1n) is 9.53. The molecule has 1 aliphatic heterocycles. The van der Waals surface area contributed by atoms with Crippen LogP contribution >= 0.6 is 11.3 Å². The average molecular weight is 397 g/mol. The van der Waals surface area contributed by atoms with Gasteiger partial charge in [0.05, 0.1) is 10.6 Å². The van der Waals surface area contributed by atoms with Crippen LogP contribution < -0.4 is 5.32 Å². The van der Waals surface area contributed by atoms with Crippen molar-refractivity contribution in [1.29, 1.82) is 0 Å². The van der Waals surface area contributed by atoms with Crippen LogP contribution in [0.4, 0.5) is 0 Å². The number of nitrogens with one attached hydrogen (secondary N) is 1. The number of hydrogen-bond donors (Lipinski definition) is 1. The predicted molar refractivity (Wildman–Crippen MR) is 110 cm³/mol. The van der Waals surface area contributed by atoms with Gasteiger partial charge in [0.25, 0.3) is 5.91 Å². The molecule has 4 rings (SSSR count). The van der Waals surface area contributed by atoms with Crippen LogP contribution in [0.1, 0.15) is 39.8 Å². The molecule has 7 heteroatoms. The van der Waals surface area contributed by atoms with Crippen molar-refractivity contribution in [2.24, 2.45) is 7.05 Å². The Morgan fingerprint density at radius 3 is 2.75 bits per heavy atom. The van der Waals surface area contributed by atoms with Gasteiger partial charge >= 0.3 is 0 Å². The molecule has 146 valence electrons. The smallest absolute Gasteiger partial charge is 0.262 e. The topological polar surface area (TPSA) is 67.2 Å². The lowest BCUT2D eigenvalue weighted by atomic mass is 10.0. The zero-order valence-corrected chi connectivity index (χ0v) is 17.2. The Morgan fingerprint density at radius 1 is 1.25 bits per heavy atom. The minimum absolute atomic E-state index is 0.0380. The van der Waals surface area contributed by atoms with Gasteiger partial charge in [0.15, 0.2) is 0 Å². The Balaban J connectivity index is 1.46. The van der Waals surface area contributed by atoms with Gasteiger partial charge in [-0.2, -0.15) is 5.10 Å². The molecule has 2 amide bonds. The summed E-state index contributed by atoms with van der Waals surface area (Å²) in [4.78, 5) is 29.1. The molecule has 1 aliphatic rings. The summed E-state index contributed by atoms with van der Waals surface area (Å²) in [7, 11) is 1.87. The zero-order chi connectivity index (χ0) is 19.8. The van der Waals surface area contributed by atoms with Crippen LogP contribution in [0.25, 0.3) is 10.2 Å². The fourth-order valence-corrected chi connectivity index (χ4v) is 4.84.